The van der Waals surface area contributed by atoms with Crippen molar-refractivity contribution >= 4 is 40.6 Å². The van der Waals surface area contributed by atoms with Gasteiger partial charge >= 0.3 is 0 Å². The Morgan fingerprint density at radius 3 is 2.39 bits per heavy atom. The van der Waals surface area contributed by atoms with Crippen LogP contribution in [0, 0.1) is 10.1 Å². The summed E-state index contributed by atoms with van der Waals surface area (Å²) in [5.41, 5.74) is 1.25. The Bertz CT molecular complexity index is 1170. The minimum atomic E-state index is -0.525. The van der Waals surface area contributed by atoms with Crippen molar-refractivity contribution in [2.24, 2.45) is 0 Å². The van der Waals surface area contributed by atoms with Gasteiger partial charge in [0.25, 0.3) is 11.6 Å². The largest absolute Gasteiger partial charge is 0.497 e. The number of nitrogens with one attached hydrogen (secondary N) is 2. The van der Waals surface area contributed by atoms with Crippen LogP contribution in [0.3, 0.4) is 0 Å². The van der Waals surface area contributed by atoms with Crippen molar-refractivity contribution in [3.8, 4) is 11.5 Å². The third-order valence-electron chi connectivity index (χ3n) is 4.48. The van der Waals surface area contributed by atoms with Crippen molar-refractivity contribution in [1.29, 1.82) is 0 Å². The van der Waals surface area contributed by atoms with Gasteiger partial charge in [-0.3, -0.25) is 19.7 Å². The molecule has 0 aliphatic heterocycles. The minimum absolute atomic E-state index is 0.0882. The van der Waals surface area contributed by atoms with Gasteiger partial charge in [0.15, 0.2) is 0 Å². The summed E-state index contributed by atoms with van der Waals surface area (Å²) >= 11 is 1.30. The van der Waals surface area contributed by atoms with Crippen molar-refractivity contribution < 1.29 is 24.0 Å². The number of carbonyl (C=O) groups excluding carboxylic acids is 2. The highest BCUT2D eigenvalue weighted by Crippen LogP contribution is 2.29. The summed E-state index contributed by atoms with van der Waals surface area (Å²) in [6, 6.07) is 17.5. The zero-order chi connectivity index (χ0) is 23.8. The number of non-ortho nitro benzene ring substituents is 1. The molecule has 9 nitrogen and oxygen atoms in total. The second-order valence-corrected chi connectivity index (χ2v) is 7.74. The second kappa shape index (κ2) is 11.0. The number of thioether (sulfide) groups is 1. The van der Waals surface area contributed by atoms with Gasteiger partial charge in [-0.2, -0.15) is 0 Å². The summed E-state index contributed by atoms with van der Waals surface area (Å²) in [7, 11) is 3.05. The summed E-state index contributed by atoms with van der Waals surface area (Å²) in [6.07, 6.45) is 0. The fourth-order valence-corrected chi connectivity index (χ4v) is 3.60. The molecule has 0 radical (unpaired) electrons. The normalized spacial score (nSPS) is 10.2. The van der Waals surface area contributed by atoms with Gasteiger partial charge < -0.3 is 20.1 Å². The van der Waals surface area contributed by atoms with Crippen LogP contribution in [0.15, 0.2) is 71.6 Å². The van der Waals surface area contributed by atoms with Crippen molar-refractivity contribution in [2.45, 2.75) is 4.90 Å². The highest BCUT2D eigenvalue weighted by Gasteiger charge is 2.12. The lowest BCUT2D eigenvalue weighted by Gasteiger charge is -2.12. The first-order valence-corrected chi connectivity index (χ1v) is 10.7. The topological polar surface area (TPSA) is 120 Å². The number of benzene rings is 3. The van der Waals surface area contributed by atoms with E-state index in [-0.39, 0.29) is 17.3 Å². The van der Waals surface area contributed by atoms with Crippen LogP contribution in [0.1, 0.15) is 10.4 Å². The number of nitro groups is 1. The molecule has 0 aliphatic carbocycles. The van der Waals surface area contributed by atoms with E-state index in [0.717, 1.165) is 4.90 Å². The van der Waals surface area contributed by atoms with Crippen molar-refractivity contribution in [1.82, 2.24) is 0 Å². The molecule has 0 spiro atoms. The number of anilines is 2. The third kappa shape index (κ3) is 6.47. The van der Waals surface area contributed by atoms with Gasteiger partial charge in [-0.05, 0) is 42.5 Å². The molecule has 2 N–H and O–H groups in total. The average Bonchev–Trinajstić information content (AvgIpc) is 2.83. The average molecular weight is 468 g/mol. The van der Waals surface area contributed by atoms with E-state index in [2.05, 4.69) is 10.6 Å². The first kappa shape index (κ1) is 23.6. The lowest BCUT2D eigenvalue weighted by molar-refractivity contribution is -0.384. The fourth-order valence-electron chi connectivity index (χ4n) is 2.85. The first-order valence-electron chi connectivity index (χ1n) is 9.70. The molecule has 0 atom stereocenters. The van der Waals surface area contributed by atoms with Gasteiger partial charge in [0.1, 0.15) is 11.5 Å². The number of hydrogen-bond acceptors (Lipinski definition) is 7. The van der Waals surface area contributed by atoms with Crippen LogP contribution in [-0.4, -0.2) is 36.7 Å². The maximum Gasteiger partial charge on any atom is 0.269 e. The van der Waals surface area contributed by atoms with E-state index in [9.17, 15) is 19.7 Å². The maximum atomic E-state index is 12.4. The molecule has 3 rings (SSSR count). The van der Waals surface area contributed by atoms with Crippen LogP contribution >= 0.6 is 11.8 Å². The molecule has 0 saturated heterocycles. The van der Waals surface area contributed by atoms with Crippen LogP contribution in [0.4, 0.5) is 17.1 Å². The van der Waals surface area contributed by atoms with E-state index in [1.807, 2.05) is 6.07 Å². The first-order chi connectivity index (χ1) is 15.9. The number of nitro benzene ring substituents is 1. The van der Waals surface area contributed by atoms with E-state index in [1.165, 1.54) is 50.2 Å². The lowest BCUT2D eigenvalue weighted by atomic mass is 10.2. The van der Waals surface area contributed by atoms with Crippen LogP contribution in [0.5, 0.6) is 11.5 Å². The van der Waals surface area contributed by atoms with Crippen LogP contribution in [0.25, 0.3) is 0 Å². The van der Waals surface area contributed by atoms with Gasteiger partial charge in [-0.25, -0.2) is 0 Å². The molecule has 3 aromatic carbocycles. The molecule has 0 bridgehead atoms. The van der Waals surface area contributed by atoms with Crippen molar-refractivity contribution in [3.05, 3.63) is 82.4 Å². The molecule has 33 heavy (non-hydrogen) atoms. The molecule has 0 fully saturated rings. The Hall–Kier alpha value is -4.05. The van der Waals surface area contributed by atoms with E-state index in [4.69, 9.17) is 9.47 Å². The van der Waals surface area contributed by atoms with Crippen LogP contribution < -0.4 is 20.1 Å². The zero-order valence-electron chi connectivity index (χ0n) is 17.9. The molecule has 3 aromatic rings. The lowest BCUT2D eigenvalue weighted by Crippen LogP contribution is -2.15. The number of rotatable bonds is 9. The molecule has 0 aromatic heterocycles. The Balaban J connectivity index is 1.59. The van der Waals surface area contributed by atoms with Gasteiger partial charge in [0.05, 0.1) is 30.6 Å². The molecule has 2 amide bonds. The van der Waals surface area contributed by atoms with Gasteiger partial charge in [0, 0.05) is 34.3 Å². The fraction of sp³-hybridized carbons (Fsp3) is 0.130. The smallest absolute Gasteiger partial charge is 0.269 e. The quantitative estimate of drug-likeness (QED) is 0.268. The SMILES string of the molecule is COc1ccc(OC)c(NC(=O)CSc2cccc(NC(=O)c3ccc([N+](=O)[O-])cc3)c2)c1. The Morgan fingerprint density at radius 1 is 0.970 bits per heavy atom. The summed E-state index contributed by atoms with van der Waals surface area (Å²) in [5.74, 6) is 0.627. The van der Waals surface area contributed by atoms with E-state index >= 15 is 0 Å². The molecule has 0 heterocycles. The van der Waals surface area contributed by atoms with Crippen LogP contribution in [0.2, 0.25) is 0 Å². The summed E-state index contributed by atoms with van der Waals surface area (Å²) in [4.78, 5) is 35.8. The molecule has 0 aliphatic rings. The number of methoxy groups -OCH3 is 2. The number of carbonyl (C=O) groups is 2. The predicted octanol–water partition coefficient (Wildman–Crippen LogP) is 4.60. The monoisotopic (exact) mass is 467 g/mol. The van der Waals surface area contributed by atoms with Gasteiger partial charge in [-0.15, -0.1) is 11.8 Å². The highest BCUT2D eigenvalue weighted by molar-refractivity contribution is 8.00. The number of nitrogens with zero attached hydrogens (tertiary/aromatic N) is 1. The highest BCUT2D eigenvalue weighted by atomic mass is 32.2. The van der Waals surface area contributed by atoms with E-state index in [0.29, 0.717) is 28.4 Å². The summed E-state index contributed by atoms with van der Waals surface area (Å²) < 4.78 is 10.4. The third-order valence-corrected chi connectivity index (χ3v) is 5.48. The zero-order valence-corrected chi connectivity index (χ0v) is 18.7. The Kier molecular flexibility index (Phi) is 7.87. The second-order valence-electron chi connectivity index (χ2n) is 6.69. The molecular weight excluding hydrogens is 446 g/mol. The Morgan fingerprint density at radius 2 is 1.73 bits per heavy atom. The minimum Gasteiger partial charge on any atom is -0.497 e. The molecule has 10 heteroatoms. The van der Waals surface area contributed by atoms with Crippen molar-refractivity contribution in [2.75, 3.05) is 30.6 Å². The Labute approximate surface area is 194 Å². The van der Waals surface area contributed by atoms with E-state index in [1.54, 1.807) is 36.4 Å². The number of amides is 2. The maximum absolute atomic E-state index is 12.4. The van der Waals surface area contributed by atoms with Crippen molar-refractivity contribution in [3.63, 3.8) is 0 Å². The van der Waals surface area contributed by atoms with E-state index < -0.39 is 10.8 Å². The number of hydrogen-bond donors (Lipinski definition) is 2. The standard InChI is InChI=1S/C23H21N3O6S/c1-31-18-10-11-21(32-2)20(13-18)25-22(27)14-33-19-5-3-4-16(12-19)24-23(28)15-6-8-17(9-7-15)26(29)30/h3-13H,14H2,1-2H3,(H,24,28)(H,25,27). The summed E-state index contributed by atoms with van der Waals surface area (Å²) in [5, 5.41) is 16.3. The van der Waals surface area contributed by atoms with Gasteiger partial charge in [-0.1, -0.05) is 6.07 Å². The number of ether oxygens (including phenoxy) is 2. The summed E-state index contributed by atoms with van der Waals surface area (Å²) in [6.45, 7) is 0. The molecule has 0 unspecified atom stereocenters. The molecular formula is C23H21N3O6S. The molecule has 170 valence electrons. The van der Waals surface area contributed by atoms with Gasteiger partial charge in [0.2, 0.25) is 5.91 Å². The predicted molar refractivity (Wildman–Crippen MR) is 126 cm³/mol. The van der Waals surface area contributed by atoms with Crippen LogP contribution in [-0.2, 0) is 4.79 Å². The molecule has 0 saturated carbocycles.